The standard InChI is InChI=1S/C8H10N3/c9-8(10)11-6-7-4-2-1-3-5-7/h1-5,9H,6H2,(H2,10,11). The molecular formula is C8H10N3. The second-order valence-corrected chi connectivity index (χ2v) is 2.21. The lowest BCUT2D eigenvalue weighted by Gasteiger charge is -2.01. The van der Waals surface area contributed by atoms with E-state index < -0.39 is 0 Å². The summed E-state index contributed by atoms with van der Waals surface area (Å²) in [5, 5.41) is 9.41. The monoisotopic (exact) mass is 148 g/mol. The predicted octanol–water partition coefficient (Wildman–Crippen LogP) is 0.994. The number of nitrogens with one attached hydrogen (secondary N) is 3. The van der Waals surface area contributed by atoms with Gasteiger partial charge in [0, 0.05) is 6.54 Å². The van der Waals surface area contributed by atoms with Gasteiger partial charge in [0.05, 0.1) is 0 Å². The second-order valence-electron chi connectivity index (χ2n) is 2.21. The van der Waals surface area contributed by atoms with Gasteiger partial charge in [0.15, 0.2) is 0 Å². The van der Waals surface area contributed by atoms with Crippen LogP contribution in [0.1, 0.15) is 5.56 Å². The molecule has 0 saturated heterocycles. The van der Waals surface area contributed by atoms with E-state index in [1.807, 2.05) is 30.3 Å². The molecule has 11 heavy (non-hydrogen) atoms. The maximum atomic E-state index is 6.80. The quantitative estimate of drug-likeness (QED) is 0.477. The summed E-state index contributed by atoms with van der Waals surface area (Å²) < 4.78 is 0. The van der Waals surface area contributed by atoms with Gasteiger partial charge in [-0.3, -0.25) is 11.1 Å². The highest BCUT2D eigenvalue weighted by Crippen LogP contribution is 1.96. The van der Waals surface area contributed by atoms with Crippen molar-refractivity contribution >= 4 is 5.96 Å². The van der Waals surface area contributed by atoms with Crippen LogP contribution >= 0.6 is 0 Å². The van der Waals surface area contributed by atoms with Gasteiger partial charge in [-0.25, -0.2) is 0 Å². The largest absolute Gasteiger partial charge is 0.351 e. The molecule has 0 unspecified atom stereocenters. The first-order valence-electron chi connectivity index (χ1n) is 3.37. The Morgan fingerprint density at radius 2 is 1.91 bits per heavy atom. The van der Waals surface area contributed by atoms with Crippen LogP contribution in [-0.4, -0.2) is 5.96 Å². The van der Waals surface area contributed by atoms with Crippen LogP contribution in [0.2, 0.25) is 0 Å². The number of rotatable bonds is 2. The highest BCUT2D eigenvalue weighted by molar-refractivity contribution is 5.73. The lowest BCUT2D eigenvalue weighted by Crippen LogP contribution is -2.22. The fraction of sp³-hybridized carbons (Fsp3) is 0.125. The minimum atomic E-state index is -0.242. The molecule has 0 spiro atoms. The van der Waals surface area contributed by atoms with Gasteiger partial charge in [-0.05, 0) is 5.56 Å². The molecule has 0 aromatic heterocycles. The van der Waals surface area contributed by atoms with Crippen LogP contribution in [0.25, 0.3) is 0 Å². The predicted molar refractivity (Wildman–Crippen MR) is 44.1 cm³/mol. The van der Waals surface area contributed by atoms with Crippen molar-refractivity contribution in [1.29, 1.82) is 5.41 Å². The lowest BCUT2D eigenvalue weighted by atomic mass is 10.2. The Hall–Kier alpha value is -1.51. The molecule has 1 aromatic rings. The Kier molecular flexibility index (Phi) is 2.49. The molecule has 1 aromatic carbocycles. The van der Waals surface area contributed by atoms with Crippen molar-refractivity contribution in [2.24, 2.45) is 0 Å². The molecule has 0 aliphatic rings. The third-order valence-corrected chi connectivity index (χ3v) is 1.31. The molecule has 0 bridgehead atoms. The first-order chi connectivity index (χ1) is 5.29. The minimum absolute atomic E-state index is 0.242. The maximum absolute atomic E-state index is 6.80. The van der Waals surface area contributed by atoms with E-state index >= 15 is 0 Å². The number of guanidine groups is 1. The zero-order chi connectivity index (χ0) is 8.10. The maximum Gasteiger partial charge on any atom is 0.207 e. The van der Waals surface area contributed by atoms with Crippen molar-refractivity contribution in [1.82, 2.24) is 11.1 Å². The van der Waals surface area contributed by atoms with Crippen molar-refractivity contribution in [3.8, 4) is 0 Å². The Morgan fingerprint density at radius 1 is 1.27 bits per heavy atom. The van der Waals surface area contributed by atoms with E-state index in [2.05, 4.69) is 5.32 Å². The summed E-state index contributed by atoms with van der Waals surface area (Å²) in [6, 6.07) is 9.72. The minimum Gasteiger partial charge on any atom is -0.351 e. The lowest BCUT2D eigenvalue weighted by molar-refractivity contribution is 0.893. The molecule has 0 aliphatic heterocycles. The Bertz CT molecular complexity index is 230. The summed E-state index contributed by atoms with van der Waals surface area (Å²) in [5.41, 5.74) is 7.89. The van der Waals surface area contributed by atoms with Crippen LogP contribution < -0.4 is 11.1 Å². The van der Waals surface area contributed by atoms with E-state index in [4.69, 9.17) is 11.1 Å². The summed E-state index contributed by atoms with van der Waals surface area (Å²) in [5.74, 6) is -0.242. The van der Waals surface area contributed by atoms with Gasteiger partial charge in [0.25, 0.3) is 0 Å². The van der Waals surface area contributed by atoms with Gasteiger partial charge in [-0.1, -0.05) is 30.3 Å². The second kappa shape index (κ2) is 3.61. The number of hydrogen-bond acceptors (Lipinski definition) is 1. The zero-order valence-corrected chi connectivity index (χ0v) is 6.09. The van der Waals surface area contributed by atoms with E-state index in [-0.39, 0.29) is 5.96 Å². The molecule has 0 fully saturated rings. The SMILES string of the molecule is [NH]C(=N)NCc1ccccc1. The van der Waals surface area contributed by atoms with E-state index in [9.17, 15) is 0 Å². The first-order valence-corrected chi connectivity index (χ1v) is 3.37. The fourth-order valence-corrected chi connectivity index (χ4v) is 0.786. The van der Waals surface area contributed by atoms with Crippen molar-refractivity contribution in [3.05, 3.63) is 35.9 Å². The third kappa shape index (κ3) is 2.71. The van der Waals surface area contributed by atoms with Crippen molar-refractivity contribution < 1.29 is 0 Å². The van der Waals surface area contributed by atoms with Crippen LogP contribution in [0.3, 0.4) is 0 Å². The summed E-state index contributed by atoms with van der Waals surface area (Å²) in [6.45, 7) is 0.559. The van der Waals surface area contributed by atoms with Crippen molar-refractivity contribution in [3.63, 3.8) is 0 Å². The summed E-state index contributed by atoms with van der Waals surface area (Å²) in [4.78, 5) is 0. The Morgan fingerprint density at radius 3 is 2.45 bits per heavy atom. The van der Waals surface area contributed by atoms with Gasteiger partial charge in [-0.15, -0.1) is 0 Å². The van der Waals surface area contributed by atoms with Gasteiger partial charge in [0.1, 0.15) is 0 Å². The van der Waals surface area contributed by atoms with E-state index in [0.29, 0.717) is 6.54 Å². The summed E-state index contributed by atoms with van der Waals surface area (Å²) in [6.07, 6.45) is 0. The molecule has 0 amide bonds. The highest BCUT2D eigenvalue weighted by Gasteiger charge is 1.89. The van der Waals surface area contributed by atoms with E-state index in [1.165, 1.54) is 0 Å². The van der Waals surface area contributed by atoms with E-state index in [1.54, 1.807) is 0 Å². The van der Waals surface area contributed by atoms with Crippen LogP contribution in [0, 0.1) is 5.41 Å². The number of hydrogen-bond donors (Lipinski definition) is 2. The van der Waals surface area contributed by atoms with Crippen LogP contribution in [0.5, 0.6) is 0 Å². The molecule has 0 aliphatic carbocycles. The Balaban J connectivity index is 2.45. The summed E-state index contributed by atoms with van der Waals surface area (Å²) in [7, 11) is 0. The van der Waals surface area contributed by atoms with Crippen LogP contribution in [0.15, 0.2) is 30.3 Å². The smallest absolute Gasteiger partial charge is 0.207 e. The zero-order valence-electron chi connectivity index (χ0n) is 6.09. The average molecular weight is 148 g/mol. The normalized spacial score (nSPS) is 9.09. The highest BCUT2D eigenvalue weighted by atomic mass is 15.0. The molecule has 0 saturated carbocycles. The van der Waals surface area contributed by atoms with Crippen LogP contribution in [-0.2, 0) is 6.54 Å². The van der Waals surface area contributed by atoms with Gasteiger partial charge >= 0.3 is 0 Å². The molecule has 1 rings (SSSR count). The third-order valence-electron chi connectivity index (χ3n) is 1.31. The van der Waals surface area contributed by atoms with Gasteiger partial charge in [0.2, 0.25) is 5.96 Å². The van der Waals surface area contributed by atoms with Crippen LogP contribution in [0.4, 0.5) is 0 Å². The van der Waals surface area contributed by atoms with Crippen molar-refractivity contribution in [2.45, 2.75) is 6.54 Å². The Labute approximate surface area is 65.7 Å². The molecule has 0 heterocycles. The molecular weight excluding hydrogens is 138 g/mol. The molecule has 3 nitrogen and oxygen atoms in total. The summed E-state index contributed by atoms with van der Waals surface area (Å²) >= 11 is 0. The molecule has 1 radical (unpaired) electrons. The van der Waals surface area contributed by atoms with Crippen molar-refractivity contribution in [2.75, 3.05) is 0 Å². The molecule has 3 N–H and O–H groups in total. The van der Waals surface area contributed by atoms with Gasteiger partial charge in [-0.2, -0.15) is 0 Å². The van der Waals surface area contributed by atoms with Gasteiger partial charge < -0.3 is 5.32 Å². The van der Waals surface area contributed by atoms with E-state index in [0.717, 1.165) is 5.56 Å². The molecule has 57 valence electrons. The topological polar surface area (TPSA) is 59.7 Å². The number of benzene rings is 1. The fourth-order valence-electron chi connectivity index (χ4n) is 0.786. The molecule has 0 atom stereocenters. The average Bonchev–Trinajstić information content (AvgIpc) is 2.03. The molecule has 3 heteroatoms. The first kappa shape index (κ1) is 7.60.